The van der Waals surface area contributed by atoms with Gasteiger partial charge in [0, 0.05) is 22.8 Å². The van der Waals surface area contributed by atoms with Gasteiger partial charge in [-0.25, -0.2) is 26.6 Å². The maximum absolute atomic E-state index is 13.5. The van der Waals surface area contributed by atoms with Crippen LogP contribution < -0.4 is 5.48 Å². The fourth-order valence-corrected chi connectivity index (χ4v) is 8.95. The molecule has 2 heterocycles. The van der Waals surface area contributed by atoms with Gasteiger partial charge in [0.2, 0.25) is 15.9 Å². The zero-order valence-electron chi connectivity index (χ0n) is 19.0. The number of sulfone groups is 1. The minimum atomic E-state index is -3.95. The van der Waals surface area contributed by atoms with Crippen LogP contribution in [0.4, 0.5) is 0 Å². The maximum atomic E-state index is 13.5. The molecular formula is C24H26N2O6S3. The summed E-state index contributed by atoms with van der Waals surface area (Å²) >= 11 is 1.26. The molecule has 0 spiro atoms. The highest BCUT2D eigenvalue weighted by molar-refractivity contribution is 7.92. The molecule has 8 nitrogen and oxygen atoms in total. The first-order valence-corrected chi connectivity index (χ1v) is 15.2. The number of hydroxylamine groups is 1. The van der Waals surface area contributed by atoms with Crippen LogP contribution in [0.25, 0.3) is 21.6 Å². The van der Waals surface area contributed by atoms with E-state index in [0.29, 0.717) is 4.88 Å². The van der Waals surface area contributed by atoms with Crippen LogP contribution >= 0.6 is 11.3 Å². The molecule has 0 bridgehead atoms. The van der Waals surface area contributed by atoms with E-state index in [9.17, 15) is 21.6 Å². The summed E-state index contributed by atoms with van der Waals surface area (Å²) in [6.07, 6.45) is 0.439. The first-order valence-electron chi connectivity index (χ1n) is 10.9. The van der Waals surface area contributed by atoms with E-state index in [2.05, 4.69) is 0 Å². The summed E-state index contributed by atoms with van der Waals surface area (Å²) in [6.45, 7) is -0.224. The lowest BCUT2D eigenvalue weighted by molar-refractivity contribution is -0.129. The van der Waals surface area contributed by atoms with Crippen LogP contribution in [0.5, 0.6) is 0 Å². The molecule has 186 valence electrons. The Hall–Kier alpha value is -2.57. The van der Waals surface area contributed by atoms with Crippen molar-refractivity contribution in [2.75, 3.05) is 25.1 Å². The molecule has 2 N–H and O–H groups in total. The number of nitrogens with zero attached hydrogens (tertiary/aromatic N) is 1. The van der Waals surface area contributed by atoms with Crippen LogP contribution in [-0.4, -0.2) is 57.4 Å². The van der Waals surface area contributed by atoms with Crippen LogP contribution in [0.3, 0.4) is 0 Å². The highest BCUT2D eigenvalue weighted by atomic mass is 32.2. The van der Waals surface area contributed by atoms with Gasteiger partial charge >= 0.3 is 0 Å². The lowest BCUT2D eigenvalue weighted by Crippen LogP contribution is -2.41. The second kappa shape index (κ2) is 9.82. The van der Waals surface area contributed by atoms with Crippen molar-refractivity contribution in [2.45, 2.75) is 17.6 Å². The van der Waals surface area contributed by atoms with E-state index in [0.717, 1.165) is 32.1 Å². The number of sulfonamides is 1. The predicted octanol–water partition coefficient (Wildman–Crippen LogP) is 3.25. The number of thiophene rings is 1. The minimum Gasteiger partial charge on any atom is -0.289 e. The van der Waals surface area contributed by atoms with Crippen molar-refractivity contribution in [1.82, 2.24) is 9.79 Å². The highest BCUT2D eigenvalue weighted by Gasteiger charge is 2.50. The summed E-state index contributed by atoms with van der Waals surface area (Å²) in [4.78, 5) is 13.5. The van der Waals surface area contributed by atoms with Gasteiger partial charge in [-0.15, -0.1) is 11.3 Å². The topological polar surface area (TPSA) is 121 Å². The molecule has 0 aliphatic carbocycles. The number of rotatable bonds is 6. The molecule has 1 amide bonds. The number of carbonyl (C=O) groups is 1. The van der Waals surface area contributed by atoms with Crippen molar-refractivity contribution in [1.29, 1.82) is 0 Å². The minimum absolute atomic E-state index is 0.0459. The lowest BCUT2D eigenvalue weighted by Gasteiger charge is -2.30. The van der Waals surface area contributed by atoms with E-state index in [1.165, 1.54) is 16.8 Å². The number of amides is 1. The van der Waals surface area contributed by atoms with E-state index < -0.39 is 42.7 Å². The summed E-state index contributed by atoms with van der Waals surface area (Å²) < 4.78 is 50.7. The molecule has 2 aromatic carbocycles. The molecule has 11 heteroatoms. The molecule has 35 heavy (non-hydrogen) atoms. The van der Waals surface area contributed by atoms with Gasteiger partial charge in [0.05, 0.1) is 18.4 Å². The Labute approximate surface area is 209 Å². The van der Waals surface area contributed by atoms with Crippen molar-refractivity contribution >= 4 is 37.1 Å². The smallest absolute Gasteiger partial charge is 0.245 e. The van der Waals surface area contributed by atoms with Gasteiger partial charge in [-0.2, -0.15) is 0 Å². The third-order valence-electron chi connectivity index (χ3n) is 6.34. The third kappa shape index (κ3) is 5.19. The first-order chi connectivity index (χ1) is 16.6. The predicted molar refractivity (Wildman–Crippen MR) is 136 cm³/mol. The fraction of sp³-hybridized carbons (Fsp3) is 0.292. The number of benzene rings is 2. The van der Waals surface area contributed by atoms with Crippen LogP contribution in [0.1, 0.15) is 17.7 Å². The van der Waals surface area contributed by atoms with Crippen LogP contribution in [0, 0.1) is 0 Å². The molecule has 1 saturated heterocycles. The molecular weight excluding hydrogens is 508 g/mol. The highest BCUT2D eigenvalue weighted by Crippen LogP contribution is 2.45. The molecule has 1 fully saturated rings. The van der Waals surface area contributed by atoms with Crippen LogP contribution in [-0.2, 0) is 29.4 Å². The van der Waals surface area contributed by atoms with Gasteiger partial charge in [-0.1, -0.05) is 54.6 Å². The SMILES string of the molecule is CS(=O)(=O)N1CCC(CC(=O)NO)(c2ccc(-c3ccc(-c4ccccc4)cc3)s2)S(=O)(=O)CC1. The number of nitrogens with one attached hydrogen (secondary N) is 1. The Kier molecular flexibility index (Phi) is 7.16. The number of hydrogen-bond acceptors (Lipinski definition) is 7. The van der Waals surface area contributed by atoms with Gasteiger partial charge in [-0.3, -0.25) is 10.0 Å². The zero-order chi connectivity index (χ0) is 25.3. The van der Waals surface area contributed by atoms with Gasteiger partial charge in [0.25, 0.3) is 0 Å². The Morgan fingerprint density at radius 1 is 1.00 bits per heavy atom. The largest absolute Gasteiger partial charge is 0.289 e. The quantitative estimate of drug-likeness (QED) is 0.370. The summed E-state index contributed by atoms with van der Waals surface area (Å²) in [7, 11) is -7.56. The fourth-order valence-electron chi connectivity index (χ4n) is 4.38. The maximum Gasteiger partial charge on any atom is 0.245 e. The van der Waals surface area contributed by atoms with E-state index >= 15 is 0 Å². The van der Waals surface area contributed by atoms with Crippen LogP contribution in [0.2, 0.25) is 0 Å². The number of carbonyl (C=O) groups excluding carboxylic acids is 1. The number of hydrogen-bond donors (Lipinski definition) is 2. The van der Waals surface area contributed by atoms with Crippen molar-refractivity contribution in [2.24, 2.45) is 0 Å². The molecule has 1 unspecified atom stereocenters. The second-order valence-electron chi connectivity index (χ2n) is 8.54. The second-order valence-corrected chi connectivity index (χ2v) is 14.0. The average Bonchev–Trinajstić information content (AvgIpc) is 3.28. The summed E-state index contributed by atoms with van der Waals surface area (Å²) in [5, 5.41) is 9.15. The van der Waals surface area contributed by atoms with Crippen molar-refractivity contribution < 1.29 is 26.8 Å². The molecule has 1 aromatic heterocycles. The molecule has 3 aromatic rings. The Morgan fingerprint density at radius 2 is 1.63 bits per heavy atom. The molecule has 1 aliphatic rings. The Balaban J connectivity index is 1.72. The Bertz CT molecular complexity index is 1420. The van der Waals surface area contributed by atoms with Gasteiger partial charge in [-0.05, 0) is 35.2 Å². The summed E-state index contributed by atoms with van der Waals surface area (Å²) in [5.41, 5.74) is 4.56. The van der Waals surface area contributed by atoms with Crippen molar-refractivity contribution in [3.8, 4) is 21.6 Å². The molecule has 1 atom stereocenters. The van der Waals surface area contributed by atoms with Gasteiger partial charge in [0.15, 0.2) is 9.84 Å². The molecule has 0 radical (unpaired) electrons. The van der Waals surface area contributed by atoms with E-state index in [-0.39, 0.29) is 19.5 Å². The van der Waals surface area contributed by atoms with E-state index in [1.54, 1.807) is 6.07 Å². The standard InChI is InChI=1S/C24H26N2O6S3/c1-34(29,30)26-14-13-24(17-23(27)25-28,35(31,32)16-15-26)22-12-11-21(33-22)20-9-7-19(8-10-20)18-5-3-2-4-6-18/h2-12,28H,13-17H2,1H3,(H,25,27). The van der Waals surface area contributed by atoms with E-state index in [4.69, 9.17) is 5.21 Å². The third-order valence-corrected chi connectivity index (χ3v) is 11.6. The van der Waals surface area contributed by atoms with Gasteiger partial charge < -0.3 is 0 Å². The first kappa shape index (κ1) is 25.5. The Morgan fingerprint density at radius 3 is 2.26 bits per heavy atom. The van der Waals surface area contributed by atoms with Crippen LogP contribution in [0.15, 0.2) is 66.7 Å². The zero-order valence-corrected chi connectivity index (χ0v) is 21.5. The lowest BCUT2D eigenvalue weighted by atomic mass is 9.97. The van der Waals surface area contributed by atoms with Gasteiger partial charge in [0.1, 0.15) is 4.75 Å². The molecule has 0 saturated carbocycles. The summed E-state index contributed by atoms with van der Waals surface area (Å²) in [5.74, 6) is -1.26. The van der Waals surface area contributed by atoms with E-state index in [1.807, 2.05) is 60.7 Å². The van der Waals surface area contributed by atoms with Crippen molar-refractivity contribution in [3.05, 3.63) is 71.6 Å². The normalized spacial score (nSPS) is 20.7. The molecule has 4 rings (SSSR count). The monoisotopic (exact) mass is 534 g/mol. The summed E-state index contributed by atoms with van der Waals surface area (Å²) in [6, 6.07) is 21.3. The molecule has 1 aliphatic heterocycles. The average molecular weight is 535 g/mol. The van der Waals surface area contributed by atoms with Crippen molar-refractivity contribution in [3.63, 3.8) is 0 Å².